The topological polar surface area (TPSA) is 102 Å². The van der Waals surface area contributed by atoms with Gasteiger partial charge in [0.25, 0.3) is 5.56 Å². The summed E-state index contributed by atoms with van der Waals surface area (Å²) >= 11 is 0. The molecule has 148 valence electrons. The average Bonchev–Trinajstić information content (AvgIpc) is 3.40. The Morgan fingerprint density at radius 2 is 1.93 bits per heavy atom. The molecule has 4 rings (SSSR count). The second kappa shape index (κ2) is 8.09. The Labute approximate surface area is 166 Å². The van der Waals surface area contributed by atoms with Crippen molar-refractivity contribution in [2.24, 2.45) is 5.92 Å². The number of carbonyl (C=O) groups is 2. The molecule has 1 aromatic carbocycles. The lowest BCUT2D eigenvalue weighted by molar-refractivity contribution is -0.126. The molecule has 3 heterocycles. The van der Waals surface area contributed by atoms with E-state index >= 15 is 0 Å². The molecule has 9 nitrogen and oxygen atoms in total. The van der Waals surface area contributed by atoms with Crippen molar-refractivity contribution in [1.82, 2.24) is 24.9 Å². The van der Waals surface area contributed by atoms with Gasteiger partial charge < -0.3 is 10.2 Å². The summed E-state index contributed by atoms with van der Waals surface area (Å²) < 4.78 is 2.84. The highest BCUT2D eigenvalue weighted by Gasteiger charge is 2.34. The number of rotatable bonds is 6. The molecule has 3 aromatic rings. The van der Waals surface area contributed by atoms with E-state index in [4.69, 9.17) is 0 Å². The number of amides is 2. The van der Waals surface area contributed by atoms with E-state index in [-0.39, 0.29) is 36.9 Å². The molecule has 1 unspecified atom stereocenters. The van der Waals surface area contributed by atoms with Gasteiger partial charge in [-0.2, -0.15) is 5.10 Å². The molecule has 0 saturated carbocycles. The van der Waals surface area contributed by atoms with Crippen LogP contribution in [0.4, 0.5) is 5.69 Å². The largest absolute Gasteiger partial charge is 0.354 e. The Morgan fingerprint density at radius 1 is 1.10 bits per heavy atom. The van der Waals surface area contributed by atoms with Gasteiger partial charge in [0, 0.05) is 43.7 Å². The molecule has 2 aromatic heterocycles. The lowest BCUT2D eigenvalue weighted by Crippen LogP contribution is -2.36. The Hall–Kier alpha value is -3.75. The summed E-state index contributed by atoms with van der Waals surface area (Å²) in [6.07, 6.45) is 3.53. The molecule has 0 aliphatic carbocycles. The third kappa shape index (κ3) is 4.08. The summed E-state index contributed by atoms with van der Waals surface area (Å²) in [4.78, 5) is 38.4. The van der Waals surface area contributed by atoms with Crippen molar-refractivity contribution in [3.63, 3.8) is 0 Å². The highest BCUT2D eigenvalue weighted by Crippen LogP contribution is 2.24. The molecular weight excluding hydrogens is 372 g/mol. The second-order valence-electron chi connectivity index (χ2n) is 6.74. The minimum atomic E-state index is -0.414. The van der Waals surface area contributed by atoms with Crippen LogP contribution >= 0.6 is 0 Å². The number of hydrogen-bond donors (Lipinski definition) is 1. The molecule has 29 heavy (non-hydrogen) atoms. The number of anilines is 1. The molecule has 9 heteroatoms. The number of nitrogens with one attached hydrogen (secondary N) is 1. The summed E-state index contributed by atoms with van der Waals surface area (Å²) in [5, 5.41) is 11.2. The maximum Gasteiger partial charge on any atom is 0.266 e. The highest BCUT2D eigenvalue weighted by atomic mass is 16.2. The van der Waals surface area contributed by atoms with Crippen LogP contribution in [-0.4, -0.2) is 44.5 Å². The van der Waals surface area contributed by atoms with E-state index in [9.17, 15) is 14.4 Å². The number of benzene rings is 1. The molecule has 0 spiro atoms. The number of aromatic nitrogens is 4. The normalized spacial score (nSPS) is 16.2. The van der Waals surface area contributed by atoms with Crippen LogP contribution in [0.1, 0.15) is 6.42 Å². The number of hydrogen-bond acceptors (Lipinski definition) is 5. The number of nitrogens with zero attached hydrogens (tertiary/aromatic N) is 5. The van der Waals surface area contributed by atoms with Crippen molar-refractivity contribution < 1.29 is 9.59 Å². The fraction of sp³-hybridized carbons (Fsp3) is 0.250. The maximum absolute atomic E-state index is 12.5. The zero-order valence-corrected chi connectivity index (χ0v) is 15.6. The van der Waals surface area contributed by atoms with Crippen LogP contribution in [0, 0.1) is 5.92 Å². The predicted molar refractivity (Wildman–Crippen MR) is 106 cm³/mol. The molecule has 1 atom stereocenters. The van der Waals surface area contributed by atoms with Gasteiger partial charge in [-0.15, -0.1) is 5.10 Å². The fourth-order valence-electron chi connectivity index (χ4n) is 3.29. The molecule has 1 saturated heterocycles. The van der Waals surface area contributed by atoms with Gasteiger partial charge in [0.05, 0.1) is 12.5 Å². The average molecular weight is 392 g/mol. The summed E-state index contributed by atoms with van der Waals surface area (Å²) in [6.45, 7) is 0.814. The number of para-hydroxylation sites is 1. The van der Waals surface area contributed by atoms with E-state index in [1.807, 2.05) is 30.3 Å². The first-order valence-electron chi connectivity index (χ1n) is 9.33. The van der Waals surface area contributed by atoms with Crippen LogP contribution in [0.2, 0.25) is 0 Å². The van der Waals surface area contributed by atoms with Gasteiger partial charge in [-0.3, -0.25) is 14.4 Å². The van der Waals surface area contributed by atoms with E-state index < -0.39 is 5.92 Å². The summed E-state index contributed by atoms with van der Waals surface area (Å²) in [5.74, 6) is -0.169. The van der Waals surface area contributed by atoms with Gasteiger partial charge in [0.15, 0.2) is 5.82 Å². The second-order valence-corrected chi connectivity index (χ2v) is 6.74. The molecular formula is C20H20N6O3. The van der Waals surface area contributed by atoms with E-state index in [1.165, 1.54) is 10.7 Å². The zero-order valence-electron chi connectivity index (χ0n) is 15.6. The first-order valence-corrected chi connectivity index (χ1v) is 9.33. The Bertz CT molecular complexity index is 1060. The monoisotopic (exact) mass is 392 g/mol. The van der Waals surface area contributed by atoms with Crippen molar-refractivity contribution in [3.05, 3.63) is 71.3 Å². The molecule has 1 aliphatic heterocycles. The van der Waals surface area contributed by atoms with Gasteiger partial charge >= 0.3 is 0 Å². The van der Waals surface area contributed by atoms with E-state index in [2.05, 4.69) is 15.5 Å². The van der Waals surface area contributed by atoms with Gasteiger partial charge in [0.2, 0.25) is 11.8 Å². The van der Waals surface area contributed by atoms with Gasteiger partial charge in [-0.05, 0) is 24.3 Å². The Morgan fingerprint density at radius 3 is 2.69 bits per heavy atom. The Kier molecular flexibility index (Phi) is 5.19. The first kappa shape index (κ1) is 18.6. The van der Waals surface area contributed by atoms with E-state index in [1.54, 1.807) is 34.1 Å². The van der Waals surface area contributed by atoms with Crippen LogP contribution in [0.15, 0.2) is 65.7 Å². The third-order valence-electron chi connectivity index (χ3n) is 4.78. The third-order valence-corrected chi connectivity index (χ3v) is 4.78. The van der Waals surface area contributed by atoms with Crippen molar-refractivity contribution in [3.8, 4) is 5.82 Å². The van der Waals surface area contributed by atoms with Crippen LogP contribution in [0.5, 0.6) is 0 Å². The highest BCUT2D eigenvalue weighted by molar-refractivity contribution is 6.00. The van der Waals surface area contributed by atoms with E-state index in [0.29, 0.717) is 12.4 Å². The van der Waals surface area contributed by atoms with Crippen LogP contribution in [0.25, 0.3) is 5.82 Å². The van der Waals surface area contributed by atoms with Crippen molar-refractivity contribution in [1.29, 1.82) is 0 Å². The minimum Gasteiger partial charge on any atom is -0.354 e. The van der Waals surface area contributed by atoms with Crippen LogP contribution in [-0.2, 0) is 16.1 Å². The molecule has 2 amide bonds. The van der Waals surface area contributed by atoms with Crippen LogP contribution < -0.4 is 15.8 Å². The van der Waals surface area contributed by atoms with Crippen molar-refractivity contribution in [2.75, 3.05) is 18.0 Å². The lowest BCUT2D eigenvalue weighted by atomic mass is 10.1. The Balaban J connectivity index is 1.34. The smallest absolute Gasteiger partial charge is 0.266 e. The molecule has 0 bridgehead atoms. The summed E-state index contributed by atoms with van der Waals surface area (Å²) in [7, 11) is 0. The fourth-order valence-corrected chi connectivity index (χ4v) is 3.29. The predicted octanol–water partition coefficient (Wildman–Crippen LogP) is 0.598. The van der Waals surface area contributed by atoms with Gasteiger partial charge in [-0.1, -0.05) is 18.2 Å². The van der Waals surface area contributed by atoms with Gasteiger partial charge in [0.1, 0.15) is 0 Å². The lowest BCUT2D eigenvalue weighted by Gasteiger charge is -2.16. The standard InChI is InChI=1S/C20H20N6O3/c27-18-8-7-17(25-11-4-9-22-25)23-26(18)12-10-21-20(29)15-13-19(28)24(14-15)16-5-2-1-3-6-16/h1-9,11,15H,10,12-14H2,(H,21,29). The molecule has 0 radical (unpaired) electrons. The zero-order chi connectivity index (χ0) is 20.2. The van der Waals surface area contributed by atoms with Crippen molar-refractivity contribution in [2.45, 2.75) is 13.0 Å². The van der Waals surface area contributed by atoms with E-state index in [0.717, 1.165) is 5.69 Å². The minimum absolute atomic E-state index is 0.0684. The van der Waals surface area contributed by atoms with Crippen molar-refractivity contribution >= 4 is 17.5 Å². The molecule has 1 aliphatic rings. The quantitative estimate of drug-likeness (QED) is 0.662. The molecule has 1 fully saturated rings. The van der Waals surface area contributed by atoms with Gasteiger partial charge in [-0.25, -0.2) is 9.36 Å². The number of carbonyl (C=O) groups excluding carboxylic acids is 2. The molecule has 1 N–H and O–H groups in total. The maximum atomic E-state index is 12.5. The summed E-state index contributed by atoms with van der Waals surface area (Å²) in [6, 6.07) is 14.1. The van der Waals surface area contributed by atoms with Crippen LogP contribution in [0.3, 0.4) is 0 Å². The first-order chi connectivity index (χ1) is 14.1. The summed E-state index contributed by atoms with van der Waals surface area (Å²) in [5.41, 5.74) is 0.528. The SMILES string of the molecule is O=C(NCCn1nc(-n2cccn2)ccc1=O)C1CC(=O)N(c2ccccc2)C1.